The number of methoxy groups -OCH3 is 1. The summed E-state index contributed by atoms with van der Waals surface area (Å²) in [5.41, 5.74) is 4.49. The molecule has 0 aromatic heterocycles. The lowest BCUT2D eigenvalue weighted by Gasteiger charge is -2.22. The zero-order valence-electron chi connectivity index (χ0n) is 16.0. The summed E-state index contributed by atoms with van der Waals surface area (Å²) >= 11 is 12.1. The molecule has 0 saturated carbocycles. The van der Waals surface area contributed by atoms with Crippen molar-refractivity contribution in [2.45, 2.75) is 20.8 Å². The normalized spacial score (nSPS) is 15.6. The van der Waals surface area contributed by atoms with E-state index in [1.165, 1.54) is 7.11 Å². The molecule has 0 aliphatic carbocycles. The highest BCUT2D eigenvalue weighted by Gasteiger charge is 2.38. The third-order valence-electron chi connectivity index (χ3n) is 4.50. The number of Topliss-reactive ketones (excluding diaryl/α,β-unsaturated/α-hetero) is 1. The molecule has 1 aliphatic rings. The van der Waals surface area contributed by atoms with Crippen LogP contribution in [0.4, 0.5) is 5.69 Å². The lowest BCUT2D eigenvalue weighted by molar-refractivity contribution is -0.137. The number of rotatable bonds is 3. The van der Waals surface area contributed by atoms with Gasteiger partial charge in [-0.25, -0.2) is 4.79 Å². The van der Waals surface area contributed by atoms with Gasteiger partial charge in [-0.1, -0.05) is 35.3 Å². The maximum atomic E-state index is 13.1. The van der Waals surface area contributed by atoms with E-state index < -0.39 is 11.8 Å². The van der Waals surface area contributed by atoms with Crippen molar-refractivity contribution in [3.63, 3.8) is 0 Å². The Bertz CT molecular complexity index is 1030. The van der Waals surface area contributed by atoms with E-state index >= 15 is 0 Å². The Morgan fingerprint density at radius 3 is 2.21 bits per heavy atom. The van der Waals surface area contributed by atoms with E-state index in [0.29, 0.717) is 27.0 Å². The minimum Gasteiger partial charge on any atom is -0.465 e. The third-order valence-corrected chi connectivity index (χ3v) is 5.24. The van der Waals surface area contributed by atoms with Crippen LogP contribution < -0.4 is 4.90 Å². The maximum absolute atomic E-state index is 13.1. The Kier molecular flexibility index (Phi) is 5.64. The molecule has 4 nitrogen and oxygen atoms in total. The predicted molar refractivity (Wildman–Crippen MR) is 113 cm³/mol. The van der Waals surface area contributed by atoms with Gasteiger partial charge in [0.1, 0.15) is 5.57 Å². The molecule has 6 heteroatoms. The smallest absolute Gasteiger partial charge is 0.343 e. The average Bonchev–Trinajstić information content (AvgIpc) is 2.87. The highest BCUT2D eigenvalue weighted by Crippen LogP contribution is 2.37. The first-order valence-corrected chi connectivity index (χ1v) is 9.37. The van der Waals surface area contributed by atoms with Crippen LogP contribution >= 0.6 is 23.2 Å². The molecule has 0 atom stereocenters. The molecule has 0 unspecified atom stereocenters. The number of hydrogen-bond acceptors (Lipinski definition) is 4. The standard InChI is InChI=1S/C22H19Cl2NO3/c1-12-7-13(2)9-16(8-12)25-14(3)20(22(27)28-4)21(26)19(25)11-15-5-6-17(23)18(24)10-15/h5-11H,1-4H3/b19-11+. The Morgan fingerprint density at radius 2 is 1.64 bits per heavy atom. The molecule has 0 spiro atoms. The second-order valence-corrected chi connectivity index (χ2v) is 7.48. The molecule has 0 radical (unpaired) electrons. The van der Waals surface area contributed by atoms with Crippen LogP contribution in [0.1, 0.15) is 23.6 Å². The predicted octanol–water partition coefficient (Wildman–Crippen LogP) is 5.49. The van der Waals surface area contributed by atoms with Crippen molar-refractivity contribution < 1.29 is 14.3 Å². The summed E-state index contributed by atoms with van der Waals surface area (Å²) in [6, 6.07) is 11.1. The van der Waals surface area contributed by atoms with Crippen LogP contribution in [0.2, 0.25) is 10.0 Å². The van der Waals surface area contributed by atoms with E-state index in [1.54, 1.807) is 36.1 Å². The van der Waals surface area contributed by atoms with Gasteiger partial charge in [0.15, 0.2) is 0 Å². The molecule has 28 heavy (non-hydrogen) atoms. The zero-order chi connectivity index (χ0) is 20.6. The van der Waals surface area contributed by atoms with Gasteiger partial charge in [-0.15, -0.1) is 0 Å². The minimum atomic E-state index is -0.658. The fraction of sp³-hybridized carbons (Fsp3) is 0.182. The van der Waals surface area contributed by atoms with E-state index in [4.69, 9.17) is 27.9 Å². The Labute approximate surface area is 174 Å². The van der Waals surface area contributed by atoms with E-state index in [1.807, 2.05) is 32.0 Å². The number of anilines is 1. The fourth-order valence-corrected chi connectivity index (χ4v) is 3.64. The van der Waals surface area contributed by atoms with Crippen LogP contribution in [0.15, 0.2) is 53.4 Å². The number of nitrogens with zero attached hydrogens (tertiary/aromatic N) is 1. The largest absolute Gasteiger partial charge is 0.465 e. The summed E-state index contributed by atoms with van der Waals surface area (Å²) in [6.45, 7) is 5.70. The van der Waals surface area contributed by atoms with Crippen LogP contribution in [0.3, 0.4) is 0 Å². The Balaban J connectivity index is 2.21. The first kappa shape index (κ1) is 20.2. The molecule has 1 heterocycles. The monoisotopic (exact) mass is 415 g/mol. The van der Waals surface area contributed by atoms with Crippen LogP contribution in [0.25, 0.3) is 6.08 Å². The first-order chi connectivity index (χ1) is 13.2. The van der Waals surface area contributed by atoms with Crippen molar-refractivity contribution in [2.24, 2.45) is 0 Å². The van der Waals surface area contributed by atoms with Gasteiger partial charge in [0, 0.05) is 11.4 Å². The Morgan fingerprint density at radius 1 is 1.00 bits per heavy atom. The fourth-order valence-electron chi connectivity index (χ4n) is 3.33. The average molecular weight is 416 g/mol. The summed E-state index contributed by atoms with van der Waals surface area (Å²) in [5.74, 6) is -1.05. The summed E-state index contributed by atoms with van der Waals surface area (Å²) in [7, 11) is 1.26. The quantitative estimate of drug-likeness (QED) is 0.377. The molecular weight excluding hydrogens is 397 g/mol. The summed E-state index contributed by atoms with van der Waals surface area (Å²) in [4.78, 5) is 27.1. The van der Waals surface area contributed by atoms with E-state index in [-0.39, 0.29) is 5.57 Å². The zero-order valence-corrected chi connectivity index (χ0v) is 17.5. The van der Waals surface area contributed by atoms with Crippen molar-refractivity contribution in [1.82, 2.24) is 0 Å². The summed E-state index contributed by atoms with van der Waals surface area (Å²) in [5, 5.41) is 0.814. The number of ether oxygens (including phenoxy) is 1. The molecule has 144 valence electrons. The molecule has 1 aliphatic heterocycles. The van der Waals surface area contributed by atoms with Crippen LogP contribution in [-0.2, 0) is 14.3 Å². The summed E-state index contributed by atoms with van der Waals surface area (Å²) < 4.78 is 4.83. The molecule has 3 rings (SSSR count). The van der Waals surface area contributed by atoms with Crippen molar-refractivity contribution in [2.75, 3.05) is 12.0 Å². The van der Waals surface area contributed by atoms with Gasteiger partial charge in [0.05, 0.1) is 22.9 Å². The summed E-state index contributed by atoms with van der Waals surface area (Å²) in [6.07, 6.45) is 1.70. The maximum Gasteiger partial charge on any atom is 0.343 e. The van der Waals surface area contributed by atoms with E-state index in [9.17, 15) is 9.59 Å². The first-order valence-electron chi connectivity index (χ1n) is 8.62. The molecule has 0 amide bonds. The van der Waals surface area contributed by atoms with Gasteiger partial charge < -0.3 is 9.64 Å². The van der Waals surface area contributed by atoms with Crippen molar-refractivity contribution >= 4 is 46.7 Å². The molecular formula is C22H19Cl2NO3. The lowest BCUT2D eigenvalue weighted by Crippen LogP contribution is -2.18. The second-order valence-electron chi connectivity index (χ2n) is 6.67. The van der Waals surface area contributed by atoms with Crippen LogP contribution in [0.5, 0.6) is 0 Å². The van der Waals surface area contributed by atoms with Crippen LogP contribution in [0, 0.1) is 13.8 Å². The number of halogens is 2. The van der Waals surface area contributed by atoms with Crippen molar-refractivity contribution in [1.29, 1.82) is 0 Å². The molecule has 0 saturated heterocycles. The molecule has 2 aromatic rings. The number of benzene rings is 2. The second kappa shape index (κ2) is 7.82. The molecule has 0 fully saturated rings. The van der Waals surface area contributed by atoms with Gasteiger partial charge in [-0.3, -0.25) is 4.79 Å². The number of ketones is 1. The van der Waals surface area contributed by atoms with Crippen LogP contribution in [-0.4, -0.2) is 18.9 Å². The van der Waals surface area contributed by atoms with Crippen molar-refractivity contribution in [3.8, 4) is 0 Å². The highest BCUT2D eigenvalue weighted by molar-refractivity contribution is 6.42. The molecule has 0 N–H and O–H groups in total. The Hall–Kier alpha value is -2.56. The van der Waals surface area contributed by atoms with Gasteiger partial charge in [0.2, 0.25) is 5.78 Å². The van der Waals surface area contributed by atoms with E-state index in [2.05, 4.69) is 0 Å². The topological polar surface area (TPSA) is 46.6 Å². The lowest BCUT2D eigenvalue weighted by atomic mass is 10.1. The van der Waals surface area contributed by atoms with E-state index in [0.717, 1.165) is 16.8 Å². The molecule has 2 aromatic carbocycles. The number of aryl methyl sites for hydroxylation is 2. The van der Waals surface area contributed by atoms with Gasteiger partial charge in [0.25, 0.3) is 0 Å². The SMILES string of the molecule is COC(=O)C1=C(C)N(c2cc(C)cc(C)c2)/C(=C/c2ccc(Cl)c(Cl)c2)C1=O. The number of hydrogen-bond donors (Lipinski definition) is 0. The number of esters is 1. The number of carbonyl (C=O) groups is 2. The third kappa shape index (κ3) is 3.71. The van der Waals surface area contributed by atoms with Gasteiger partial charge in [-0.05, 0) is 67.8 Å². The van der Waals surface area contributed by atoms with Gasteiger partial charge >= 0.3 is 5.97 Å². The number of allylic oxidation sites excluding steroid dienone is 2. The van der Waals surface area contributed by atoms with Gasteiger partial charge in [-0.2, -0.15) is 0 Å². The number of carbonyl (C=O) groups excluding carboxylic acids is 2. The minimum absolute atomic E-state index is 0.0213. The molecule has 0 bridgehead atoms. The van der Waals surface area contributed by atoms with Crippen molar-refractivity contribution in [3.05, 3.63) is 80.1 Å². The highest BCUT2D eigenvalue weighted by atomic mass is 35.5.